The van der Waals surface area contributed by atoms with E-state index in [0.717, 1.165) is 32.0 Å². The van der Waals surface area contributed by atoms with Gasteiger partial charge in [-0.15, -0.1) is 0 Å². The summed E-state index contributed by atoms with van der Waals surface area (Å²) in [4.78, 5) is 24.4. The SMILES string of the molecule is Cc1cc(Sc2cc(C)c(C(=O)O)c(C)c2)cc(C)c1C(=O)O. The summed E-state index contributed by atoms with van der Waals surface area (Å²) in [5.41, 5.74) is 3.54. The van der Waals surface area contributed by atoms with Crippen molar-refractivity contribution in [2.75, 3.05) is 0 Å². The first-order chi connectivity index (χ1) is 10.7. The van der Waals surface area contributed by atoms with Gasteiger partial charge in [-0.1, -0.05) is 11.8 Å². The van der Waals surface area contributed by atoms with Crippen molar-refractivity contribution >= 4 is 23.7 Å². The molecule has 2 aromatic carbocycles. The Labute approximate surface area is 139 Å². The smallest absolute Gasteiger partial charge is 0.336 e. The third-order valence-electron chi connectivity index (χ3n) is 3.68. The van der Waals surface area contributed by atoms with E-state index in [1.54, 1.807) is 27.7 Å². The standard InChI is InChI=1S/C18H18O4S/c1-9-5-13(6-10(2)15(9)17(19)20)23-14-7-11(3)16(18(21)22)12(4)8-14/h5-8H,1-4H3,(H,19,20)(H,21,22). The second-order valence-corrected chi connectivity index (χ2v) is 6.72. The fourth-order valence-corrected chi connectivity index (χ4v) is 3.99. The van der Waals surface area contributed by atoms with Gasteiger partial charge in [-0.25, -0.2) is 9.59 Å². The first kappa shape index (κ1) is 17.1. The van der Waals surface area contributed by atoms with Gasteiger partial charge >= 0.3 is 11.9 Å². The Hall–Kier alpha value is -2.27. The van der Waals surface area contributed by atoms with Crippen LogP contribution < -0.4 is 0 Å². The Morgan fingerprint density at radius 2 is 0.957 bits per heavy atom. The van der Waals surface area contributed by atoms with E-state index >= 15 is 0 Å². The summed E-state index contributed by atoms with van der Waals surface area (Å²) in [6, 6.07) is 7.38. The number of benzene rings is 2. The van der Waals surface area contributed by atoms with Crippen LogP contribution in [-0.4, -0.2) is 22.2 Å². The van der Waals surface area contributed by atoms with Crippen molar-refractivity contribution < 1.29 is 19.8 Å². The third-order valence-corrected chi connectivity index (χ3v) is 4.62. The van der Waals surface area contributed by atoms with Crippen LogP contribution in [0.25, 0.3) is 0 Å². The molecule has 0 saturated carbocycles. The predicted molar refractivity (Wildman–Crippen MR) is 89.9 cm³/mol. The van der Waals surface area contributed by atoms with Gasteiger partial charge in [0.1, 0.15) is 0 Å². The normalized spacial score (nSPS) is 10.6. The second-order valence-electron chi connectivity index (χ2n) is 5.58. The molecule has 2 N–H and O–H groups in total. The Morgan fingerprint density at radius 3 is 1.17 bits per heavy atom. The number of hydrogen-bond donors (Lipinski definition) is 2. The molecule has 2 aromatic rings. The van der Waals surface area contributed by atoms with Gasteiger partial charge in [0, 0.05) is 9.79 Å². The summed E-state index contributed by atoms with van der Waals surface area (Å²) in [5.74, 6) is -1.84. The first-order valence-corrected chi connectivity index (χ1v) is 7.89. The van der Waals surface area contributed by atoms with Crippen molar-refractivity contribution in [2.24, 2.45) is 0 Å². The number of rotatable bonds is 4. The fraction of sp³-hybridized carbons (Fsp3) is 0.222. The molecular formula is C18H18O4S. The molecule has 0 fully saturated rings. The highest BCUT2D eigenvalue weighted by molar-refractivity contribution is 7.99. The van der Waals surface area contributed by atoms with Gasteiger partial charge in [0.2, 0.25) is 0 Å². The van der Waals surface area contributed by atoms with Crippen LogP contribution in [0.15, 0.2) is 34.1 Å². The molecule has 0 amide bonds. The van der Waals surface area contributed by atoms with Gasteiger partial charge in [0.05, 0.1) is 11.1 Å². The number of carboxylic acid groups (broad SMARTS) is 2. The van der Waals surface area contributed by atoms with Gasteiger partial charge in [0.15, 0.2) is 0 Å². The topological polar surface area (TPSA) is 74.6 Å². The van der Waals surface area contributed by atoms with E-state index in [1.165, 1.54) is 11.8 Å². The van der Waals surface area contributed by atoms with Crippen LogP contribution in [0.3, 0.4) is 0 Å². The zero-order chi connectivity index (χ0) is 17.3. The predicted octanol–water partition coefficient (Wildman–Crippen LogP) is 4.47. The first-order valence-electron chi connectivity index (χ1n) is 7.07. The molecule has 0 heterocycles. The van der Waals surface area contributed by atoms with E-state index in [4.69, 9.17) is 0 Å². The van der Waals surface area contributed by atoms with Crippen LogP contribution in [-0.2, 0) is 0 Å². The minimum atomic E-state index is -0.922. The van der Waals surface area contributed by atoms with Crippen LogP contribution in [0, 0.1) is 27.7 Å². The quantitative estimate of drug-likeness (QED) is 0.865. The number of aryl methyl sites for hydroxylation is 4. The summed E-state index contributed by atoms with van der Waals surface area (Å²) in [7, 11) is 0. The average molecular weight is 330 g/mol. The Balaban J connectivity index is 2.41. The molecule has 0 aromatic heterocycles. The monoisotopic (exact) mass is 330 g/mol. The van der Waals surface area contributed by atoms with Crippen molar-refractivity contribution in [2.45, 2.75) is 37.5 Å². The fourth-order valence-electron chi connectivity index (χ4n) is 2.78. The van der Waals surface area contributed by atoms with Gasteiger partial charge in [-0.3, -0.25) is 0 Å². The molecule has 2 rings (SSSR count). The van der Waals surface area contributed by atoms with E-state index < -0.39 is 11.9 Å². The molecule has 4 nitrogen and oxygen atoms in total. The molecule has 0 aliphatic carbocycles. The lowest BCUT2D eigenvalue weighted by Gasteiger charge is -2.11. The lowest BCUT2D eigenvalue weighted by molar-refractivity contribution is 0.0684. The van der Waals surface area contributed by atoms with Crippen LogP contribution in [0.5, 0.6) is 0 Å². The van der Waals surface area contributed by atoms with E-state index in [0.29, 0.717) is 11.1 Å². The maximum Gasteiger partial charge on any atom is 0.336 e. The van der Waals surface area contributed by atoms with Crippen LogP contribution in [0.2, 0.25) is 0 Å². The minimum Gasteiger partial charge on any atom is -0.478 e. The highest BCUT2D eigenvalue weighted by Crippen LogP contribution is 2.33. The minimum absolute atomic E-state index is 0.336. The molecule has 0 spiro atoms. The number of aromatic carboxylic acids is 2. The Morgan fingerprint density at radius 1 is 0.696 bits per heavy atom. The van der Waals surface area contributed by atoms with Gasteiger partial charge in [-0.05, 0) is 74.2 Å². The maximum absolute atomic E-state index is 11.2. The lowest BCUT2D eigenvalue weighted by atomic mass is 10.0. The number of carbonyl (C=O) groups is 2. The zero-order valence-corrected chi connectivity index (χ0v) is 14.2. The molecule has 120 valence electrons. The highest BCUT2D eigenvalue weighted by Gasteiger charge is 2.15. The summed E-state index contributed by atoms with van der Waals surface area (Å²) < 4.78 is 0. The van der Waals surface area contributed by atoms with E-state index in [1.807, 2.05) is 24.3 Å². The molecule has 0 aliphatic rings. The summed E-state index contributed by atoms with van der Waals surface area (Å²) in [6.07, 6.45) is 0. The van der Waals surface area contributed by atoms with Crippen LogP contribution in [0.4, 0.5) is 0 Å². The van der Waals surface area contributed by atoms with Crippen molar-refractivity contribution in [3.05, 3.63) is 57.6 Å². The molecule has 5 heteroatoms. The van der Waals surface area contributed by atoms with E-state index in [2.05, 4.69) is 0 Å². The van der Waals surface area contributed by atoms with Crippen molar-refractivity contribution in [3.63, 3.8) is 0 Å². The molecule has 0 aliphatic heterocycles. The van der Waals surface area contributed by atoms with Crippen molar-refractivity contribution in [1.82, 2.24) is 0 Å². The Bertz CT molecular complexity index is 695. The second kappa shape index (κ2) is 6.46. The molecular weight excluding hydrogens is 312 g/mol. The molecule has 0 atom stereocenters. The Kier molecular flexibility index (Phi) is 4.80. The van der Waals surface area contributed by atoms with Crippen molar-refractivity contribution in [1.29, 1.82) is 0 Å². The molecule has 23 heavy (non-hydrogen) atoms. The molecule has 0 radical (unpaired) electrons. The molecule has 0 unspecified atom stereocenters. The third kappa shape index (κ3) is 3.56. The summed E-state index contributed by atoms with van der Waals surface area (Å²) in [6.45, 7) is 7.13. The van der Waals surface area contributed by atoms with E-state index in [-0.39, 0.29) is 0 Å². The van der Waals surface area contributed by atoms with Crippen molar-refractivity contribution in [3.8, 4) is 0 Å². The number of carboxylic acids is 2. The number of hydrogen-bond acceptors (Lipinski definition) is 3. The van der Waals surface area contributed by atoms with Gasteiger partial charge in [0.25, 0.3) is 0 Å². The summed E-state index contributed by atoms with van der Waals surface area (Å²) in [5, 5.41) is 18.4. The average Bonchev–Trinajstić information content (AvgIpc) is 2.35. The van der Waals surface area contributed by atoms with Crippen LogP contribution in [0.1, 0.15) is 43.0 Å². The maximum atomic E-state index is 11.2. The van der Waals surface area contributed by atoms with Crippen LogP contribution >= 0.6 is 11.8 Å². The van der Waals surface area contributed by atoms with Gasteiger partial charge in [-0.2, -0.15) is 0 Å². The van der Waals surface area contributed by atoms with Gasteiger partial charge < -0.3 is 10.2 Å². The van der Waals surface area contributed by atoms with E-state index in [9.17, 15) is 19.8 Å². The highest BCUT2D eigenvalue weighted by atomic mass is 32.2. The molecule has 0 saturated heterocycles. The zero-order valence-electron chi connectivity index (χ0n) is 13.4. The molecule has 0 bridgehead atoms. The largest absolute Gasteiger partial charge is 0.478 e. The lowest BCUT2D eigenvalue weighted by Crippen LogP contribution is -2.04. The summed E-state index contributed by atoms with van der Waals surface area (Å²) >= 11 is 1.50.